The number of benzene rings is 2. The van der Waals surface area contributed by atoms with E-state index in [0.717, 1.165) is 18.9 Å². The highest BCUT2D eigenvalue weighted by Crippen LogP contribution is 2.43. The van der Waals surface area contributed by atoms with Crippen molar-refractivity contribution in [3.05, 3.63) is 88.3 Å². The predicted octanol–water partition coefficient (Wildman–Crippen LogP) is 6.59. The lowest BCUT2D eigenvalue weighted by atomic mass is 9.91. The molecule has 238 valence electrons. The van der Waals surface area contributed by atoms with Crippen LogP contribution in [0.5, 0.6) is 0 Å². The molecule has 0 bridgehead atoms. The number of rotatable bonds is 8. The SMILES string of the molecule is N#Cc1ccnc(N2C(=O)CC[C@H]2C(=O)N(c2cc(F)cc(C3CC3)c2)C(C(=O)NC2CCC(F)(F)CC2)c2ccccc2Cl)c1. The number of aromatic nitrogens is 1. The van der Waals surface area contributed by atoms with E-state index in [0.29, 0.717) is 5.56 Å². The van der Waals surface area contributed by atoms with Crippen molar-refractivity contribution in [3.8, 4) is 6.07 Å². The summed E-state index contributed by atoms with van der Waals surface area (Å²) in [6, 6.07) is 12.4. The standard InChI is InChI=1S/C34H31ClF3N5O3/c35-27-4-2-1-3-26(27)31(32(45)41-24-9-12-34(37,38)13-10-24)42(25-17-22(21-5-6-21)16-23(36)18-25)33(46)28-7-8-30(44)43(28)29-15-20(19-39)11-14-40-29/h1-4,11,14-18,21,24,28,31H,5-10,12-13H2,(H,41,45)/t28-,31?/m0/s1. The summed E-state index contributed by atoms with van der Waals surface area (Å²) in [5.41, 5.74) is 1.25. The van der Waals surface area contributed by atoms with Crippen molar-refractivity contribution in [1.29, 1.82) is 5.26 Å². The van der Waals surface area contributed by atoms with Crippen LogP contribution in [0.4, 0.5) is 24.7 Å². The number of halogens is 4. The molecule has 12 heteroatoms. The minimum Gasteiger partial charge on any atom is -0.351 e. The van der Waals surface area contributed by atoms with Gasteiger partial charge in [-0.25, -0.2) is 18.2 Å². The first kappa shape index (κ1) is 31.5. The fourth-order valence-electron chi connectivity index (χ4n) is 6.34. The molecule has 2 saturated carbocycles. The molecular weight excluding hydrogens is 619 g/mol. The molecule has 1 aliphatic heterocycles. The monoisotopic (exact) mass is 649 g/mol. The van der Waals surface area contributed by atoms with Gasteiger partial charge in [0.25, 0.3) is 5.91 Å². The Balaban J connectivity index is 1.46. The number of hydrogen-bond donors (Lipinski definition) is 1. The van der Waals surface area contributed by atoms with Crippen LogP contribution in [0.3, 0.4) is 0 Å². The van der Waals surface area contributed by atoms with E-state index in [2.05, 4.69) is 10.3 Å². The molecule has 3 fully saturated rings. The number of amides is 3. The first-order valence-electron chi connectivity index (χ1n) is 15.3. The highest BCUT2D eigenvalue weighted by molar-refractivity contribution is 6.31. The Labute approximate surface area is 269 Å². The molecule has 6 rings (SSSR count). The molecule has 3 amide bonds. The summed E-state index contributed by atoms with van der Waals surface area (Å²) >= 11 is 6.65. The molecule has 2 heterocycles. The largest absolute Gasteiger partial charge is 0.351 e. The highest BCUT2D eigenvalue weighted by atomic mass is 35.5. The Morgan fingerprint density at radius 3 is 2.50 bits per heavy atom. The molecule has 0 spiro atoms. The summed E-state index contributed by atoms with van der Waals surface area (Å²) in [5.74, 6) is -4.98. The number of carbonyl (C=O) groups excluding carboxylic acids is 3. The number of nitrogens with zero attached hydrogens (tertiary/aromatic N) is 4. The van der Waals surface area contributed by atoms with Gasteiger partial charge in [0.2, 0.25) is 17.7 Å². The summed E-state index contributed by atoms with van der Waals surface area (Å²) in [5, 5.41) is 12.5. The molecule has 46 heavy (non-hydrogen) atoms. The van der Waals surface area contributed by atoms with Crippen molar-refractivity contribution in [1.82, 2.24) is 10.3 Å². The number of hydrogen-bond acceptors (Lipinski definition) is 5. The summed E-state index contributed by atoms with van der Waals surface area (Å²) in [4.78, 5) is 49.0. The Hall–Kier alpha value is -4.43. The van der Waals surface area contributed by atoms with E-state index in [1.807, 2.05) is 6.07 Å². The van der Waals surface area contributed by atoms with Crippen molar-refractivity contribution in [3.63, 3.8) is 0 Å². The number of pyridine rings is 1. The molecular formula is C34H31ClF3N5O3. The van der Waals surface area contributed by atoms with Crippen molar-refractivity contribution < 1.29 is 27.6 Å². The fourth-order valence-corrected chi connectivity index (χ4v) is 6.57. The summed E-state index contributed by atoms with van der Waals surface area (Å²) < 4.78 is 43.2. The number of carbonyl (C=O) groups is 3. The van der Waals surface area contributed by atoms with Crippen molar-refractivity contribution in [2.45, 2.75) is 81.3 Å². The number of alkyl halides is 2. The smallest absolute Gasteiger partial charge is 0.251 e. The van der Waals surface area contributed by atoms with E-state index >= 15 is 4.39 Å². The average molecular weight is 650 g/mol. The van der Waals surface area contributed by atoms with E-state index in [4.69, 9.17) is 11.6 Å². The van der Waals surface area contributed by atoms with Crippen LogP contribution in [0, 0.1) is 17.1 Å². The van der Waals surface area contributed by atoms with Crippen LogP contribution in [0.15, 0.2) is 60.8 Å². The molecule has 1 aromatic heterocycles. The normalized spacial score (nSPS) is 20.2. The van der Waals surface area contributed by atoms with Gasteiger partial charge in [0.05, 0.1) is 11.6 Å². The number of nitrogens with one attached hydrogen (secondary N) is 1. The zero-order valence-electron chi connectivity index (χ0n) is 24.8. The third kappa shape index (κ3) is 6.58. The molecule has 2 aliphatic carbocycles. The maximum atomic E-state index is 15.3. The van der Waals surface area contributed by atoms with Crippen LogP contribution in [-0.2, 0) is 14.4 Å². The minimum atomic E-state index is -2.82. The highest BCUT2D eigenvalue weighted by Gasteiger charge is 2.45. The van der Waals surface area contributed by atoms with Crippen LogP contribution < -0.4 is 15.1 Å². The maximum absolute atomic E-state index is 15.3. The Kier molecular flexibility index (Phi) is 8.75. The van der Waals surface area contributed by atoms with Gasteiger partial charge in [0, 0.05) is 47.8 Å². The zero-order chi connectivity index (χ0) is 32.6. The first-order chi connectivity index (χ1) is 22.0. The lowest BCUT2D eigenvalue weighted by molar-refractivity contribution is -0.128. The van der Waals surface area contributed by atoms with Crippen molar-refractivity contribution >= 4 is 40.8 Å². The van der Waals surface area contributed by atoms with Gasteiger partial charge < -0.3 is 5.32 Å². The Morgan fingerprint density at radius 2 is 1.80 bits per heavy atom. The van der Waals surface area contributed by atoms with E-state index in [1.54, 1.807) is 30.3 Å². The number of anilines is 2. The van der Waals surface area contributed by atoms with Crippen LogP contribution in [0.25, 0.3) is 0 Å². The van der Waals surface area contributed by atoms with Gasteiger partial charge in [-0.3, -0.25) is 24.2 Å². The second-order valence-electron chi connectivity index (χ2n) is 12.1. The minimum absolute atomic E-state index is 0.00156. The third-order valence-corrected chi connectivity index (χ3v) is 9.20. The summed E-state index contributed by atoms with van der Waals surface area (Å²) in [6.45, 7) is 0. The molecule has 1 saturated heterocycles. The van der Waals surface area contributed by atoms with Gasteiger partial charge in [-0.2, -0.15) is 5.26 Å². The van der Waals surface area contributed by atoms with Gasteiger partial charge in [-0.05, 0) is 80.0 Å². The van der Waals surface area contributed by atoms with Gasteiger partial charge in [-0.1, -0.05) is 29.8 Å². The van der Waals surface area contributed by atoms with Gasteiger partial charge >= 0.3 is 0 Å². The molecule has 1 N–H and O–H groups in total. The molecule has 3 aliphatic rings. The zero-order valence-corrected chi connectivity index (χ0v) is 25.5. The molecule has 2 aromatic carbocycles. The second kappa shape index (κ2) is 12.8. The van der Waals surface area contributed by atoms with E-state index in [1.165, 1.54) is 34.2 Å². The van der Waals surface area contributed by atoms with Crippen LogP contribution in [-0.4, -0.2) is 40.7 Å². The average Bonchev–Trinajstić information content (AvgIpc) is 3.82. The predicted molar refractivity (Wildman–Crippen MR) is 165 cm³/mol. The van der Waals surface area contributed by atoms with Crippen LogP contribution >= 0.6 is 11.6 Å². The van der Waals surface area contributed by atoms with Crippen LogP contribution in [0.2, 0.25) is 5.02 Å². The molecule has 8 nitrogen and oxygen atoms in total. The quantitative estimate of drug-likeness (QED) is 0.297. The summed E-state index contributed by atoms with van der Waals surface area (Å²) in [6.07, 6.45) is 2.44. The topological polar surface area (TPSA) is 106 Å². The van der Waals surface area contributed by atoms with Crippen molar-refractivity contribution in [2.75, 3.05) is 9.80 Å². The Morgan fingerprint density at radius 1 is 1.07 bits per heavy atom. The lowest BCUT2D eigenvalue weighted by Crippen LogP contribution is -2.53. The molecule has 0 radical (unpaired) electrons. The lowest BCUT2D eigenvalue weighted by Gasteiger charge is -2.37. The van der Waals surface area contributed by atoms with E-state index in [-0.39, 0.29) is 72.1 Å². The maximum Gasteiger partial charge on any atom is 0.251 e. The van der Waals surface area contributed by atoms with Crippen molar-refractivity contribution in [2.24, 2.45) is 0 Å². The van der Waals surface area contributed by atoms with E-state index in [9.17, 15) is 28.4 Å². The van der Waals surface area contributed by atoms with Gasteiger partial charge in [0.1, 0.15) is 23.7 Å². The molecule has 2 atom stereocenters. The summed E-state index contributed by atoms with van der Waals surface area (Å²) in [7, 11) is 0. The fraction of sp³-hybridized carbons (Fsp3) is 0.382. The third-order valence-electron chi connectivity index (χ3n) is 8.86. The molecule has 1 unspecified atom stereocenters. The first-order valence-corrected chi connectivity index (χ1v) is 15.7. The molecule has 3 aromatic rings. The van der Waals surface area contributed by atoms with Gasteiger partial charge in [-0.15, -0.1) is 0 Å². The second-order valence-corrected chi connectivity index (χ2v) is 12.5. The van der Waals surface area contributed by atoms with Gasteiger partial charge in [0.15, 0.2) is 0 Å². The Bertz CT molecular complexity index is 1720. The van der Waals surface area contributed by atoms with Crippen LogP contribution in [0.1, 0.15) is 80.0 Å². The number of nitriles is 1. The van der Waals surface area contributed by atoms with E-state index < -0.39 is 47.6 Å².